The lowest BCUT2D eigenvalue weighted by Gasteiger charge is -2.09. The number of ether oxygens (including phenoxy) is 1. The summed E-state index contributed by atoms with van der Waals surface area (Å²) in [4.78, 5) is 16.2. The fraction of sp³-hybridized carbons (Fsp3) is 0.385. The van der Waals surface area contributed by atoms with Gasteiger partial charge in [0.1, 0.15) is 5.82 Å². The minimum absolute atomic E-state index is 0.160. The highest BCUT2D eigenvalue weighted by Crippen LogP contribution is 2.26. The SMILES string of the molecule is COC(=O)c1nc(C2CCCN2)n2cc(N)ccc12. The normalized spacial score (nSPS) is 18.9. The van der Waals surface area contributed by atoms with Gasteiger partial charge in [-0.3, -0.25) is 4.40 Å². The molecule has 0 radical (unpaired) electrons. The summed E-state index contributed by atoms with van der Waals surface area (Å²) in [6, 6.07) is 3.72. The Morgan fingerprint density at radius 1 is 1.58 bits per heavy atom. The van der Waals surface area contributed by atoms with Gasteiger partial charge in [0, 0.05) is 11.9 Å². The van der Waals surface area contributed by atoms with Crippen molar-refractivity contribution in [2.24, 2.45) is 0 Å². The predicted molar refractivity (Wildman–Crippen MR) is 70.9 cm³/mol. The van der Waals surface area contributed by atoms with Gasteiger partial charge >= 0.3 is 5.97 Å². The largest absolute Gasteiger partial charge is 0.464 e. The third-order valence-corrected chi connectivity index (χ3v) is 3.44. The van der Waals surface area contributed by atoms with E-state index in [1.165, 1.54) is 7.11 Å². The molecular weight excluding hydrogens is 244 g/mol. The number of nitrogens with zero attached hydrogens (tertiary/aromatic N) is 2. The molecule has 1 aliphatic heterocycles. The zero-order chi connectivity index (χ0) is 13.4. The van der Waals surface area contributed by atoms with Crippen molar-refractivity contribution >= 4 is 17.2 Å². The molecule has 0 aromatic carbocycles. The molecule has 6 nitrogen and oxygen atoms in total. The summed E-state index contributed by atoms with van der Waals surface area (Å²) in [5, 5.41) is 3.38. The van der Waals surface area contributed by atoms with Gasteiger partial charge in [0.2, 0.25) is 0 Å². The molecular formula is C13H16N4O2. The van der Waals surface area contributed by atoms with Gasteiger partial charge in [0.25, 0.3) is 0 Å². The summed E-state index contributed by atoms with van der Waals surface area (Å²) >= 11 is 0. The maximum Gasteiger partial charge on any atom is 0.358 e. The number of esters is 1. The molecule has 2 aromatic heterocycles. The van der Waals surface area contributed by atoms with Crippen molar-refractivity contribution in [2.45, 2.75) is 18.9 Å². The average Bonchev–Trinajstić information content (AvgIpc) is 3.03. The molecule has 0 spiro atoms. The van der Waals surface area contributed by atoms with E-state index in [2.05, 4.69) is 10.3 Å². The number of methoxy groups -OCH3 is 1. The topological polar surface area (TPSA) is 81.6 Å². The molecule has 3 N–H and O–H groups in total. The van der Waals surface area contributed by atoms with Crippen LogP contribution in [0.15, 0.2) is 18.3 Å². The molecule has 3 rings (SSSR count). The first-order valence-electron chi connectivity index (χ1n) is 6.30. The van der Waals surface area contributed by atoms with E-state index >= 15 is 0 Å². The lowest BCUT2D eigenvalue weighted by molar-refractivity contribution is 0.0596. The van der Waals surface area contributed by atoms with Crippen LogP contribution >= 0.6 is 0 Å². The van der Waals surface area contributed by atoms with Crippen LogP contribution in [-0.2, 0) is 4.74 Å². The van der Waals surface area contributed by atoms with Crippen LogP contribution < -0.4 is 11.1 Å². The Bertz CT molecular complexity index is 629. The number of imidazole rings is 1. The van der Waals surface area contributed by atoms with Gasteiger partial charge in [-0.25, -0.2) is 9.78 Å². The maximum atomic E-state index is 11.8. The van der Waals surface area contributed by atoms with E-state index in [-0.39, 0.29) is 6.04 Å². The second-order valence-electron chi connectivity index (χ2n) is 4.68. The molecule has 0 amide bonds. The van der Waals surface area contributed by atoms with Gasteiger partial charge < -0.3 is 15.8 Å². The number of anilines is 1. The monoisotopic (exact) mass is 260 g/mol. The van der Waals surface area contributed by atoms with Crippen molar-refractivity contribution < 1.29 is 9.53 Å². The lowest BCUT2D eigenvalue weighted by atomic mass is 10.2. The number of fused-ring (bicyclic) bond motifs is 1. The first kappa shape index (κ1) is 12.0. The zero-order valence-electron chi connectivity index (χ0n) is 10.7. The van der Waals surface area contributed by atoms with Crippen molar-refractivity contribution in [3.8, 4) is 0 Å². The Hall–Kier alpha value is -2.08. The van der Waals surface area contributed by atoms with Crippen molar-refractivity contribution in [3.63, 3.8) is 0 Å². The Balaban J connectivity index is 2.20. The number of carbonyl (C=O) groups excluding carboxylic acids is 1. The molecule has 6 heteroatoms. The molecule has 0 saturated carbocycles. The van der Waals surface area contributed by atoms with Gasteiger partial charge in [0.15, 0.2) is 5.69 Å². The van der Waals surface area contributed by atoms with Gasteiger partial charge in [-0.2, -0.15) is 0 Å². The van der Waals surface area contributed by atoms with Crippen molar-refractivity contribution in [2.75, 3.05) is 19.4 Å². The predicted octanol–water partition coefficient (Wildman–Crippen LogP) is 1.13. The minimum Gasteiger partial charge on any atom is -0.464 e. The molecule has 1 fully saturated rings. The number of carbonyl (C=O) groups is 1. The second kappa shape index (κ2) is 4.55. The van der Waals surface area contributed by atoms with E-state index in [9.17, 15) is 4.79 Å². The van der Waals surface area contributed by atoms with Crippen LogP contribution in [0.25, 0.3) is 5.52 Å². The quantitative estimate of drug-likeness (QED) is 0.791. The van der Waals surface area contributed by atoms with E-state index in [0.717, 1.165) is 30.7 Å². The van der Waals surface area contributed by atoms with Crippen LogP contribution in [0.5, 0.6) is 0 Å². The number of nitrogens with one attached hydrogen (secondary N) is 1. The van der Waals surface area contributed by atoms with E-state index in [1.807, 2.05) is 4.40 Å². The molecule has 0 aliphatic carbocycles. The Labute approximate surface area is 110 Å². The summed E-state index contributed by atoms with van der Waals surface area (Å²) in [6.45, 7) is 0.968. The molecule has 0 bridgehead atoms. The number of hydrogen-bond acceptors (Lipinski definition) is 5. The fourth-order valence-corrected chi connectivity index (χ4v) is 2.52. The minimum atomic E-state index is -0.425. The standard InChI is InChI=1S/C13H16N4O2/c1-19-13(18)11-10-5-4-8(14)7-17(10)12(16-11)9-3-2-6-15-9/h4-5,7,9,15H,2-3,6,14H2,1H3. The Kier molecular flexibility index (Phi) is 2.87. The molecule has 3 heterocycles. The molecule has 1 atom stereocenters. The van der Waals surface area contributed by atoms with Gasteiger partial charge in [-0.1, -0.05) is 0 Å². The average molecular weight is 260 g/mol. The molecule has 1 saturated heterocycles. The molecule has 1 unspecified atom stereocenters. The molecule has 19 heavy (non-hydrogen) atoms. The van der Waals surface area contributed by atoms with Crippen LogP contribution in [0.1, 0.15) is 35.2 Å². The van der Waals surface area contributed by atoms with E-state index in [4.69, 9.17) is 10.5 Å². The van der Waals surface area contributed by atoms with E-state index < -0.39 is 5.97 Å². The van der Waals surface area contributed by atoms with Crippen LogP contribution in [0, 0.1) is 0 Å². The van der Waals surface area contributed by atoms with Crippen molar-refractivity contribution in [1.82, 2.24) is 14.7 Å². The Morgan fingerprint density at radius 2 is 2.42 bits per heavy atom. The molecule has 100 valence electrons. The van der Waals surface area contributed by atoms with Crippen LogP contribution in [0.3, 0.4) is 0 Å². The number of nitrogens with two attached hydrogens (primary N) is 1. The second-order valence-corrected chi connectivity index (χ2v) is 4.68. The highest BCUT2D eigenvalue weighted by atomic mass is 16.5. The molecule has 2 aromatic rings. The Morgan fingerprint density at radius 3 is 3.11 bits per heavy atom. The van der Waals surface area contributed by atoms with Gasteiger partial charge in [-0.15, -0.1) is 0 Å². The molecule has 1 aliphatic rings. The summed E-state index contributed by atoms with van der Waals surface area (Å²) in [7, 11) is 1.36. The van der Waals surface area contributed by atoms with Crippen molar-refractivity contribution in [1.29, 1.82) is 0 Å². The third-order valence-electron chi connectivity index (χ3n) is 3.44. The van der Waals surface area contributed by atoms with E-state index in [0.29, 0.717) is 11.4 Å². The van der Waals surface area contributed by atoms with Gasteiger partial charge in [0.05, 0.1) is 18.7 Å². The highest BCUT2D eigenvalue weighted by molar-refractivity contribution is 5.95. The summed E-state index contributed by atoms with van der Waals surface area (Å²) in [5.41, 5.74) is 7.53. The van der Waals surface area contributed by atoms with Crippen LogP contribution in [-0.4, -0.2) is 29.0 Å². The first-order valence-corrected chi connectivity index (χ1v) is 6.30. The number of nitrogen functional groups attached to an aromatic ring is 1. The summed E-state index contributed by atoms with van der Waals surface area (Å²) in [6.07, 6.45) is 3.91. The number of rotatable bonds is 2. The van der Waals surface area contributed by atoms with Gasteiger partial charge in [-0.05, 0) is 31.5 Å². The van der Waals surface area contributed by atoms with E-state index in [1.54, 1.807) is 18.3 Å². The summed E-state index contributed by atoms with van der Waals surface area (Å²) in [5.74, 6) is 0.395. The number of aromatic nitrogens is 2. The highest BCUT2D eigenvalue weighted by Gasteiger charge is 2.25. The van der Waals surface area contributed by atoms with Crippen LogP contribution in [0.2, 0.25) is 0 Å². The summed E-state index contributed by atoms with van der Waals surface area (Å²) < 4.78 is 6.66. The third kappa shape index (κ3) is 1.94. The first-order chi connectivity index (χ1) is 9.20. The zero-order valence-corrected chi connectivity index (χ0v) is 10.7. The lowest BCUT2D eigenvalue weighted by Crippen LogP contribution is -2.16. The van der Waals surface area contributed by atoms with Crippen LogP contribution in [0.4, 0.5) is 5.69 Å². The maximum absolute atomic E-state index is 11.8. The fourth-order valence-electron chi connectivity index (χ4n) is 2.52. The smallest absolute Gasteiger partial charge is 0.358 e. The van der Waals surface area contributed by atoms with Crippen molar-refractivity contribution in [3.05, 3.63) is 29.8 Å². The number of pyridine rings is 1. The number of hydrogen-bond donors (Lipinski definition) is 2.